The second kappa shape index (κ2) is 5.77. The van der Waals surface area contributed by atoms with Crippen LogP contribution in [-0.2, 0) is 7.05 Å². The molecule has 118 valence electrons. The highest BCUT2D eigenvalue weighted by Gasteiger charge is 2.27. The first-order valence-corrected chi connectivity index (χ1v) is 8.15. The van der Waals surface area contributed by atoms with Crippen molar-refractivity contribution in [1.29, 1.82) is 0 Å². The molecule has 0 N–H and O–H groups in total. The molecule has 1 aliphatic heterocycles. The highest BCUT2D eigenvalue weighted by Crippen LogP contribution is 2.29. The van der Waals surface area contributed by atoms with Gasteiger partial charge in [-0.3, -0.25) is 4.98 Å². The molecule has 7 nitrogen and oxygen atoms in total. The van der Waals surface area contributed by atoms with E-state index in [1.165, 1.54) is 0 Å². The lowest BCUT2D eigenvalue weighted by Crippen LogP contribution is -2.25. The van der Waals surface area contributed by atoms with Crippen molar-refractivity contribution in [3.05, 3.63) is 35.6 Å². The lowest BCUT2D eigenvalue weighted by atomic mass is 10.3. The molecule has 0 spiro atoms. The second-order valence-electron chi connectivity index (χ2n) is 5.51. The number of aromatic nitrogens is 5. The van der Waals surface area contributed by atoms with E-state index < -0.39 is 0 Å². The zero-order valence-electron chi connectivity index (χ0n) is 12.6. The summed E-state index contributed by atoms with van der Waals surface area (Å²) in [6.07, 6.45) is 7.88. The van der Waals surface area contributed by atoms with Gasteiger partial charge in [0.1, 0.15) is 18.2 Å². The first kappa shape index (κ1) is 14.4. The van der Waals surface area contributed by atoms with Gasteiger partial charge in [0.2, 0.25) is 0 Å². The third kappa shape index (κ3) is 2.63. The number of pyridine rings is 1. The van der Waals surface area contributed by atoms with Crippen LogP contribution in [0.5, 0.6) is 5.75 Å². The molecule has 0 amide bonds. The highest BCUT2D eigenvalue weighted by atomic mass is 79.9. The average Bonchev–Trinajstić information content (AvgIpc) is 3.17. The molecular weight excluding hydrogens is 360 g/mol. The predicted molar refractivity (Wildman–Crippen MR) is 89.5 cm³/mol. The van der Waals surface area contributed by atoms with Crippen molar-refractivity contribution in [3.8, 4) is 5.75 Å². The van der Waals surface area contributed by atoms with Crippen molar-refractivity contribution >= 4 is 32.9 Å². The normalized spacial score (nSPS) is 17.8. The van der Waals surface area contributed by atoms with Crippen LogP contribution in [0, 0.1) is 0 Å². The minimum absolute atomic E-state index is 0.113. The summed E-state index contributed by atoms with van der Waals surface area (Å²) >= 11 is 3.46. The number of hydrogen-bond acceptors (Lipinski definition) is 6. The Kier molecular flexibility index (Phi) is 3.60. The Morgan fingerprint density at radius 2 is 2.22 bits per heavy atom. The van der Waals surface area contributed by atoms with Crippen LogP contribution in [0.3, 0.4) is 0 Å². The van der Waals surface area contributed by atoms with E-state index in [2.05, 4.69) is 40.8 Å². The fourth-order valence-corrected chi connectivity index (χ4v) is 3.16. The number of fused-ring (bicyclic) bond motifs is 1. The van der Waals surface area contributed by atoms with Crippen LogP contribution in [0.2, 0.25) is 0 Å². The summed E-state index contributed by atoms with van der Waals surface area (Å²) in [4.78, 5) is 19.4. The predicted octanol–water partition coefficient (Wildman–Crippen LogP) is 2.18. The number of imidazole rings is 1. The van der Waals surface area contributed by atoms with Crippen molar-refractivity contribution in [2.45, 2.75) is 12.5 Å². The van der Waals surface area contributed by atoms with Gasteiger partial charge in [0.15, 0.2) is 17.0 Å². The van der Waals surface area contributed by atoms with Gasteiger partial charge in [-0.05, 0) is 22.0 Å². The van der Waals surface area contributed by atoms with Crippen LogP contribution in [0.25, 0.3) is 11.2 Å². The number of rotatable bonds is 3. The van der Waals surface area contributed by atoms with Crippen LogP contribution in [-0.4, -0.2) is 43.7 Å². The maximum atomic E-state index is 6.08. The van der Waals surface area contributed by atoms with E-state index in [4.69, 9.17) is 4.74 Å². The maximum absolute atomic E-state index is 6.08. The smallest absolute Gasteiger partial charge is 0.165 e. The van der Waals surface area contributed by atoms with E-state index in [9.17, 15) is 0 Å². The minimum atomic E-state index is 0.113. The van der Waals surface area contributed by atoms with Crippen LogP contribution >= 0.6 is 15.9 Å². The minimum Gasteiger partial charge on any atom is -0.487 e. The third-order valence-corrected chi connectivity index (χ3v) is 4.55. The summed E-state index contributed by atoms with van der Waals surface area (Å²) in [5.41, 5.74) is 1.68. The first-order chi connectivity index (χ1) is 11.2. The third-order valence-electron chi connectivity index (χ3n) is 3.95. The molecule has 0 aliphatic carbocycles. The van der Waals surface area contributed by atoms with Crippen LogP contribution in [0.4, 0.5) is 5.82 Å². The number of hydrogen-bond donors (Lipinski definition) is 0. The van der Waals surface area contributed by atoms with Crippen molar-refractivity contribution in [1.82, 2.24) is 24.5 Å². The van der Waals surface area contributed by atoms with Gasteiger partial charge in [-0.1, -0.05) is 0 Å². The average molecular weight is 375 g/mol. The van der Waals surface area contributed by atoms with Gasteiger partial charge in [0.05, 0.1) is 17.3 Å². The Bertz CT molecular complexity index is 851. The fourth-order valence-electron chi connectivity index (χ4n) is 2.82. The quantitative estimate of drug-likeness (QED) is 0.699. The van der Waals surface area contributed by atoms with Crippen molar-refractivity contribution < 1.29 is 4.74 Å². The van der Waals surface area contributed by atoms with Gasteiger partial charge in [-0.25, -0.2) is 15.0 Å². The Morgan fingerprint density at radius 1 is 1.30 bits per heavy atom. The molecule has 4 rings (SSSR count). The highest BCUT2D eigenvalue weighted by molar-refractivity contribution is 9.10. The maximum Gasteiger partial charge on any atom is 0.165 e. The van der Waals surface area contributed by atoms with Gasteiger partial charge in [0, 0.05) is 32.4 Å². The van der Waals surface area contributed by atoms with Gasteiger partial charge < -0.3 is 14.2 Å². The summed E-state index contributed by atoms with van der Waals surface area (Å²) in [6, 6.07) is 1.87. The molecule has 0 aromatic carbocycles. The topological polar surface area (TPSA) is 69.0 Å². The summed E-state index contributed by atoms with van der Waals surface area (Å²) in [5, 5.41) is 0. The molecule has 1 atom stereocenters. The molecule has 0 radical (unpaired) electrons. The summed E-state index contributed by atoms with van der Waals surface area (Å²) in [6.45, 7) is 1.66. The molecule has 1 fully saturated rings. The van der Waals surface area contributed by atoms with Crippen LogP contribution < -0.4 is 9.64 Å². The molecule has 1 unspecified atom stereocenters. The first-order valence-electron chi connectivity index (χ1n) is 7.35. The summed E-state index contributed by atoms with van der Waals surface area (Å²) in [5.74, 6) is 1.69. The number of aryl methyl sites for hydroxylation is 1. The molecule has 1 aliphatic rings. The van der Waals surface area contributed by atoms with E-state index in [-0.39, 0.29) is 6.10 Å². The van der Waals surface area contributed by atoms with E-state index in [1.807, 2.05) is 17.7 Å². The molecule has 1 saturated heterocycles. The zero-order chi connectivity index (χ0) is 15.8. The number of ether oxygens (including phenoxy) is 1. The monoisotopic (exact) mass is 374 g/mol. The van der Waals surface area contributed by atoms with Crippen molar-refractivity contribution in [3.63, 3.8) is 0 Å². The standard InChI is InChI=1S/C15H15BrN6O/c1-21-9-20-13-14(21)18-8-19-15(13)22-5-3-10(7-22)23-12-2-4-17-6-11(12)16/h2,4,6,8-10H,3,5,7H2,1H3. The number of nitrogens with zero attached hydrogens (tertiary/aromatic N) is 6. The van der Waals surface area contributed by atoms with Crippen LogP contribution in [0.1, 0.15) is 6.42 Å². The largest absolute Gasteiger partial charge is 0.487 e. The molecule has 8 heteroatoms. The Morgan fingerprint density at radius 3 is 3.09 bits per heavy atom. The van der Waals surface area contributed by atoms with E-state index in [0.29, 0.717) is 0 Å². The molecule has 4 heterocycles. The van der Waals surface area contributed by atoms with Crippen LogP contribution in [0.15, 0.2) is 35.6 Å². The van der Waals surface area contributed by atoms with E-state index in [1.54, 1.807) is 25.0 Å². The number of halogens is 1. The van der Waals surface area contributed by atoms with E-state index >= 15 is 0 Å². The van der Waals surface area contributed by atoms with Gasteiger partial charge in [-0.15, -0.1) is 0 Å². The molecule has 3 aromatic rings. The lowest BCUT2D eigenvalue weighted by Gasteiger charge is -2.18. The van der Waals surface area contributed by atoms with Gasteiger partial charge in [-0.2, -0.15) is 0 Å². The lowest BCUT2D eigenvalue weighted by molar-refractivity contribution is 0.223. The van der Waals surface area contributed by atoms with Crippen molar-refractivity contribution in [2.24, 2.45) is 7.05 Å². The van der Waals surface area contributed by atoms with E-state index in [0.717, 1.165) is 46.7 Å². The molecule has 23 heavy (non-hydrogen) atoms. The Hall–Kier alpha value is -2.22. The molecule has 0 bridgehead atoms. The van der Waals surface area contributed by atoms with Gasteiger partial charge in [0.25, 0.3) is 0 Å². The SMILES string of the molecule is Cn1cnc2c(N3CCC(Oc4ccncc4Br)C3)ncnc21. The summed E-state index contributed by atoms with van der Waals surface area (Å²) in [7, 11) is 1.93. The fraction of sp³-hybridized carbons (Fsp3) is 0.333. The number of anilines is 1. The Balaban J connectivity index is 1.55. The zero-order valence-corrected chi connectivity index (χ0v) is 14.1. The molecular formula is C15H15BrN6O. The Labute approximate surface area is 141 Å². The second-order valence-corrected chi connectivity index (χ2v) is 6.36. The summed E-state index contributed by atoms with van der Waals surface area (Å²) < 4.78 is 8.85. The molecule has 0 saturated carbocycles. The molecule has 3 aromatic heterocycles. The van der Waals surface area contributed by atoms with Crippen molar-refractivity contribution in [2.75, 3.05) is 18.0 Å². The van der Waals surface area contributed by atoms with Gasteiger partial charge >= 0.3 is 0 Å².